The highest BCUT2D eigenvalue weighted by molar-refractivity contribution is 6.17. The first kappa shape index (κ1) is 75.4. The molecule has 15 nitrogen and oxygen atoms in total. The Morgan fingerprint density at radius 3 is 0.527 bits per heavy atom. The molecule has 0 atom stereocenters. The molecule has 26 rings (SSSR count). The number of aromatic nitrogens is 15. The van der Waals surface area contributed by atoms with Crippen LogP contribution in [0.5, 0.6) is 0 Å². The maximum absolute atomic E-state index is 4.98. The van der Waals surface area contributed by atoms with Gasteiger partial charge in [-0.05, 0) is 167 Å². The molecule has 0 radical (unpaired) electrons. The predicted octanol–water partition coefficient (Wildman–Crippen LogP) is 27.8. The van der Waals surface area contributed by atoms with Crippen LogP contribution in [0, 0.1) is 0 Å². The van der Waals surface area contributed by atoms with Gasteiger partial charge in [0.05, 0.1) is 91.3 Å². The Morgan fingerprint density at radius 1 is 0.122 bits per heavy atom. The van der Waals surface area contributed by atoms with Crippen LogP contribution in [0.25, 0.3) is 240 Å². The Balaban J connectivity index is 0.000000147. The second-order valence-electron chi connectivity index (χ2n) is 32.8. The molecule has 26 aromatic rings. The van der Waals surface area contributed by atoms with Gasteiger partial charge >= 0.3 is 0 Å². The second kappa shape index (κ2) is 31.5. The van der Waals surface area contributed by atoms with Gasteiger partial charge in [-0.1, -0.05) is 285 Å². The van der Waals surface area contributed by atoms with Gasteiger partial charge in [0.2, 0.25) is 11.6 Å². The van der Waals surface area contributed by atoms with Crippen LogP contribution in [0.3, 0.4) is 0 Å². The Kier molecular flexibility index (Phi) is 18.2. The third kappa shape index (κ3) is 13.2. The average Bonchev–Trinajstić information content (AvgIpc) is 1.58. The highest BCUT2D eigenvalue weighted by Crippen LogP contribution is 2.44. The lowest BCUT2D eigenvalue weighted by molar-refractivity contribution is 1.01. The summed E-state index contributed by atoms with van der Waals surface area (Å²) in [6.07, 6.45) is 7.47. The first-order valence-corrected chi connectivity index (χ1v) is 43.7. The molecular formula is C116H73N15. The van der Waals surface area contributed by atoms with Crippen molar-refractivity contribution in [1.29, 1.82) is 0 Å². The van der Waals surface area contributed by atoms with E-state index in [2.05, 4.69) is 320 Å². The molecule has 131 heavy (non-hydrogen) atoms. The van der Waals surface area contributed by atoms with Gasteiger partial charge in [-0.3, -0.25) is 0 Å². The topological polar surface area (TPSA) is 154 Å². The van der Waals surface area contributed by atoms with Crippen molar-refractivity contribution >= 4 is 109 Å². The van der Waals surface area contributed by atoms with E-state index in [1.807, 2.05) is 146 Å². The molecule has 9 heterocycles. The van der Waals surface area contributed by atoms with E-state index in [1.165, 1.54) is 71.0 Å². The summed E-state index contributed by atoms with van der Waals surface area (Å²) in [4.78, 5) is 48.8. The summed E-state index contributed by atoms with van der Waals surface area (Å²) in [5, 5.41) is 11.9. The number of para-hydroxylation sites is 7. The van der Waals surface area contributed by atoms with Crippen LogP contribution >= 0.6 is 0 Å². The molecule has 0 aliphatic carbocycles. The third-order valence-corrected chi connectivity index (χ3v) is 25.1. The highest BCUT2D eigenvalue weighted by atomic mass is 15.1. The Bertz CT molecular complexity index is 8600. The summed E-state index contributed by atoms with van der Waals surface area (Å²) >= 11 is 0. The fourth-order valence-corrected chi connectivity index (χ4v) is 19.0. The standard InChI is InChI=1S/C67H42N8.C49H31N7/c1-5-17-43(18-6-1)64-70-65(44-19-7-2-8-20-44)72-67(71-64)66-68-41-51(42-69-66)75-62-35-31-47(45-29-33-60-54(37-45)52-25-13-15-27-58(52)73(60)49-21-9-3-10-22-49)39-56(62)57-40-48(32-36-63(57)75)46-30-34-61-55(38-46)53-26-14-16-28-59(53)74(61)50-23-11-4-12-24-50;1-4-14-32(15-5-1)46-52-47(33-16-6-2-7-17-33)54-49(53-46)48-50-30-37(31-51-48)56-43-23-13-11-21-39(43)41-29-35(25-27-45(41)56)34-24-26-44-40(28-34)38-20-10-12-22-42(38)55(44)36-18-8-3-9-19-36/h1-42H;1-31H. The summed E-state index contributed by atoms with van der Waals surface area (Å²) in [5.74, 6) is 3.92. The summed E-state index contributed by atoms with van der Waals surface area (Å²) in [6, 6.07) is 147. The van der Waals surface area contributed by atoms with Crippen LogP contribution in [0.2, 0.25) is 0 Å². The van der Waals surface area contributed by atoms with E-state index in [0.717, 1.165) is 122 Å². The van der Waals surface area contributed by atoms with Crippen molar-refractivity contribution in [3.63, 3.8) is 0 Å². The first-order chi connectivity index (χ1) is 64.9. The molecule has 0 aliphatic heterocycles. The largest absolute Gasteiger partial charge is 0.309 e. The molecular weight excluding hydrogens is 1600 g/mol. The molecule has 0 saturated heterocycles. The van der Waals surface area contributed by atoms with E-state index in [1.54, 1.807) is 0 Å². The molecule has 0 saturated carbocycles. The van der Waals surface area contributed by atoms with Crippen molar-refractivity contribution < 1.29 is 0 Å². The van der Waals surface area contributed by atoms with Crippen LogP contribution in [0.4, 0.5) is 0 Å². The van der Waals surface area contributed by atoms with E-state index < -0.39 is 0 Å². The third-order valence-electron chi connectivity index (χ3n) is 25.1. The number of hydrogen-bond donors (Lipinski definition) is 0. The van der Waals surface area contributed by atoms with Crippen LogP contribution in [0.1, 0.15) is 0 Å². The fourth-order valence-electron chi connectivity index (χ4n) is 19.0. The lowest BCUT2D eigenvalue weighted by Crippen LogP contribution is -2.03. The van der Waals surface area contributed by atoms with Gasteiger partial charge in [0, 0.05) is 93.2 Å². The Morgan fingerprint density at radius 2 is 0.298 bits per heavy atom. The van der Waals surface area contributed by atoms with Gasteiger partial charge < -0.3 is 22.8 Å². The highest BCUT2D eigenvalue weighted by Gasteiger charge is 2.24. The van der Waals surface area contributed by atoms with Crippen molar-refractivity contribution in [2.75, 3.05) is 0 Å². The lowest BCUT2D eigenvalue weighted by atomic mass is 9.98. The van der Waals surface area contributed by atoms with E-state index in [9.17, 15) is 0 Å². The van der Waals surface area contributed by atoms with Crippen molar-refractivity contribution in [2.24, 2.45) is 0 Å². The smallest absolute Gasteiger partial charge is 0.201 e. The number of nitrogens with zero attached hydrogens (tertiary/aromatic N) is 15. The molecule has 0 bridgehead atoms. The quantitative estimate of drug-likeness (QED) is 0.103. The molecule has 0 fully saturated rings. The maximum atomic E-state index is 4.98. The van der Waals surface area contributed by atoms with E-state index >= 15 is 0 Å². The van der Waals surface area contributed by atoms with Gasteiger partial charge in [-0.25, -0.2) is 49.8 Å². The summed E-state index contributed by atoms with van der Waals surface area (Å²) in [6.45, 7) is 0. The molecule has 0 spiro atoms. The van der Waals surface area contributed by atoms with Crippen LogP contribution in [-0.2, 0) is 0 Å². The van der Waals surface area contributed by atoms with Crippen LogP contribution < -0.4 is 0 Å². The minimum Gasteiger partial charge on any atom is -0.309 e. The maximum Gasteiger partial charge on any atom is 0.201 e. The van der Waals surface area contributed by atoms with Crippen molar-refractivity contribution in [3.05, 3.63) is 443 Å². The predicted molar refractivity (Wildman–Crippen MR) is 531 cm³/mol. The van der Waals surface area contributed by atoms with Gasteiger partial charge in [-0.2, -0.15) is 0 Å². The molecule has 0 unspecified atom stereocenters. The SMILES string of the molecule is c1ccc(-c2nc(-c3ccccc3)nc(-c3ncc(-n4c5ccc(-c6ccc7c(c6)c6ccccc6n7-c6ccccc6)cc5c5cc(-c6ccc7c(c6)c6ccccc6n7-c6ccccc6)ccc54)cn3)n2)cc1.c1ccc(-c2nc(-c3ccccc3)nc(-c3ncc(-n4c5ccccc5c5cc(-c6ccc7c(c6)c6ccccc6n7-c6ccccc6)ccc54)cn3)n2)cc1. The number of hydrogen-bond acceptors (Lipinski definition) is 10. The number of fused-ring (bicyclic) bond motifs is 15. The number of rotatable bonds is 14. The Hall–Kier alpha value is -18.1. The Labute approximate surface area is 750 Å². The normalized spacial score (nSPS) is 11.7. The molecule has 0 N–H and O–H groups in total. The summed E-state index contributed by atoms with van der Waals surface area (Å²) < 4.78 is 11.6. The molecule has 15 heteroatoms. The van der Waals surface area contributed by atoms with E-state index in [0.29, 0.717) is 46.6 Å². The van der Waals surface area contributed by atoms with Gasteiger partial charge in [0.25, 0.3) is 0 Å². The number of benzene rings is 17. The van der Waals surface area contributed by atoms with Crippen molar-refractivity contribution in [2.45, 2.75) is 0 Å². The summed E-state index contributed by atoms with van der Waals surface area (Å²) in [5.41, 5.74) is 26.9. The minimum absolute atomic E-state index is 0.401. The summed E-state index contributed by atoms with van der Waals surface area (Å²) in [7, 11) is 0. The van der Waals surface area contributed by atoms with Crippen LogP contribution in [0.15, 0.2) is 443 Å². The van der Waals surface area contributed by atoms with Crippen LogP contribution in [-0.4, -0.2) is 72.7 Å². The molecule has 0 aliphatic rings. The zero-order valence-corrected chi connectivity index (χ0v) is 70.4. The monoisotopic (exact) mass is 1680 g/mol. The lowest BCUT2D eigenvalue weighted by Gasteiger charge is -2.10. The van der Waals surface area contributed by atoms with Gasteiger partial charge in [0.15, 0.2) is 34.9 Å². The molecule has 9 aromatic heterocycles. The first-order valence-electron chi connectivity index (χ1n) is 43.7. The van der Waals surface area contributed by atoms with Crippen molar-refractivity contribution in [1.82, 2.24) is 72.7 Å². The second-order valence-corrected chi connectivity index (χ2v) is 32.8. The molecule has 17 aromatic carbocycles. The zero-order chi connectivity index (χ0) is 86.4. The van der Waals surface area contributed by atoms with Gasteiger partial charge in [0.1, 0.15) is 0 Å². The minimum atomic E-state index is 0.401. The van der Waals surface area contributed by atoms with Crippen molar-refractivity contribution in [3.8, 4) is 131 Å². The van der Waals surface area contributed by atoms with E-state index in [-0.39, 0.29) is 0 Å². The van der Waals surface area contributed by atoms with Gasteiger partial charge in [-0.15, -0.1) is 0 Å². The average molecular weight is 1680 g/mol. The fraction of sp³-hybridized carbons (Fsp3) is 0. The zero-order valence-electron chi connectivity index (χ0n) is 70.4. The molecule has 612 valence electrons. The van der Waals surface area contributed by atoms with E-state index in [4.69, 9.17) is 49.8 Å². The molecule has 0 amide bonds.